The lowest BCUT2D eigenvalue weighted by molar-refractivity contribution is 0.105. The van der Waals surface area contributed by atoms with Crippen LogP contribution in [-0.2, 0) is 11.3 Å². The number of rotatable bonds is 2. The molecule has 4 atom stereocenters. The van der Waals surface area contributed by atoms with Gasteiger partial charge in [-0.1, -0.05) is 11.2 Å². The molecule has 0 saturated carbocycles. The van der Waals surface area contributed by atoms with Gasteiger partial charge in [-0.25, -0.2) is 4.68 Å². The second-order valence-corrected chi connectivity index (χ2v) is 7.46. The zero-order chi connectivity index (χ0) is 17.0. The Morgan fingerprint density at radius 1 is 1.24 bits per heavy atom. The van der Waals surface area contributed by atoms with Gasteiger partial charge in [0.05, 0.1) is 12.1 Å². The van der Waals surface area contributed by atoms with Gasteiger partial charge in [-0.15, -0.1) is 0 Å². The Morgan fingerprint density at radius 3 is 3.00 bits per heavy atom. The molecule has 3 aliphatic heterocycles. The van der Waals surface area contributed by atoms with E-state index < -0.39 is 0 Å². The van der Waals surface area contributed by atoms with Gasteiger partial charge in [0.2, 0.25) is 5.95 Å². The molecule has 8 heteroatoms. The largest absolute Gasteiger partial charge is 0.376 e. The molecule has 0 aromatic carbocycles. The van der Waals surface area contributed by atoms with Crippen LogP contribution in [0.5, 0.6) is 0 Å². The standard InChI is InChI=1S/C17H22N6O2/c1-11-14(5-6-25-11)23-17(18-19-20-23)21-8-12-7-13(10-21)15-3-2-4-16(24)22(15)9-12/h2-4,11-14H,5-10H2,1H3/t11-,12+,13-,14-/m1/s1. The Hall–Kier alpha value is -2.22. The summed E-state index contributed by atoms with van der Waals surface area (Å²) in [6.07, 6.45) is 2.20. The van der Waals surface area contributed by atoms with Crippen LogP contribution in [0.15, 0.2) is 23.0 Å². The minimum atomic E-state index is 0.113. The average molecular weight is 342 g/mol. The van der Waals surface area contributed by atoms with Crippen molar-refractivity contribution in [2.75, 3.05) is 24.6 Å². The molecule has 2 aromatic rings. The van der Waals surface area contributed by atoms with Crippen molar-refractivity contribution in [3.63, 3.8) is 0 Å². The second-order valence-electron chi connectivity index (χ2n) is 7.46. The van der Waals surface area contributed by atoms with Crippen molar-refractivity contribution in [1.82, 2.24) is 24.8 Å². The summed E-state index contributed by atoms with van der Waals surface area (Å²) in [5, 5.41) is 12.5. The first-order valence-corrected chi connectivity index (χ1v) is 9.05. The number of ether oxygens (including phenoxy) is 1. The highest BCUT2D eigenvalue weighted by Gasteiger charge is 2.38. The summed E-state index contributed by atoms with van der Waals surface area (Å²) < 4.78 is 9.58. The second kappa shape index (κ2) is 5.66. The van der Waals surface area contributed by atoms with E-state index in [2.05, 4.69) is 33.4 Å². The normalized spacial score (nSPS) is 31.2. The third-order valence-electron chi connectivity index (χ3n) is 5.89. The minimum absolute atomic E-state index is 0.113. The van der Waals surface area contributed by atoms with E-state index >= 15 is 0 Å². The zero-order valence-electron chi connectivity index (χ0n) is 14.3. The van der Waals surface area contributed by atoms with E-state index in [1.165, 1.54) is 0 Å². The van der Waals surface area contributed by atoms with E-state index in [-0.39, 0.29) is 17.7 Å². The maximum atomic E-state index is 12.2. The smallest absolute Gasteiger partial charge is 0.250 e. The molecule has 2 aromatic heterocycles. The first-order valence-electron chi connectivity index (χ1n) is 9.05. The van der Waals surface area contributed by atoms with E-state index in [9.17, 15) is 4.79 Å². The van der Waals surface area contributed by atoms with E-state index in [0.29, 0.717) is 11.8 Å². The summed E-state index contributed by atoms with van der Waals surface area (Å²) in [4.78, 5) is 14.5. The predicted molar refractivity (Wildman–Crippen MR) is 90.6 cm³/mol. The third-order valence-corrected chi connectivity index (χ3v) is 5.89. The molecular weight excluding hydrogens is 320 g/mol. The Kier molecular flexibility index (Phi) is 3.41. The molecule has 2 fully saturated rings. The molecule has 0 aliphatic carbocycles. The fourth-order valence-corrected chi connectivity index (χ4v) is 4.71. The van der Waals surface area contributed by atoms with Gasteiger partial charge in [0.25, 0.3) is 5.56 Å². The molecule has 0 radical (unpaired) electrons. The quantitative estimate of drug-likeness (QED) is 0.804. The molecule has 132 valence electrons. The van der Waals surface area contributed by atoms with Crippen molar-refractivity contribution in [3.05, 3.63) is 34.2 Å². The van der Waals surface area contributed by atoms with Crippen molar-refractivity contribution < 1.29 is 4.74 Å². The van der Waals surface area contributed by atoms with Gasteiger partial charge < -0.3 is 14.2 Å². The number of pyridine rings is 1. The Balaban J connectivity index is 1.47. The first-order chi connectivity index (χ1) is 12.2. The van der Waals surface area contributed by atoms with E-state index in [0.717, 1.165) is 50.7 Å². The SMILES string of the molecule is C[C@H]1OCC[C@H]1n1nnnc1N1C[C@@H]2C[C@H](C1)c1cccc(=O)n1C2. The van der Waals surface area contributed by atoms with Crippen LogP contribution in [0, 0.1) is 5.92 Å². The summed E-state index contributed by atoms with van der Waals surface area (Å²) in [6.45, 7) is 5.36. The van der Waals surface area contributed by atoms with Crippen LogP contribution in [0.2, 0.25) is 0 Å². The summed E-state index contributed by atoms with van der Waals surface area (Å²) in [6, 6.07) is 5.81. The lowest BCUT2D eigenvalue weighted by atomic mass is 9.83. The molecule has 2 saturated heterocycles. The average Bonchev–Trinajstić information content (AvgIpc) is 3.24. The van der Waals surface area contributed by atoms with E-state index in [4.69, 9.17) is 4.74 Å². The highest BCUT2D eigenvalue weighted by atomic mass is 16.5. The fraction of sp³-hybridized carbons (Fsp3) is 0.647. The van der Waals surface area contributed by atoms with Crippen LogP contribution in [0.4, 0.5) is 5.95 Å². The predicted octanol–water partition coefficient (Wildman–Crippen LogP) is 0.808. The van der Waals surface area contributed by atoms with Gasteiger partial charge in [-0.3, -0.25) is 4.79 Å². The number of aromatic nitrogens is 5. The molecule has 0 N–H and O–H groups in total. The van der Waals surface area contributed by atoms with Gasteiger partial charge in [0, 0.05) is 43.9 Å². The van der Waals surface area contributed by atoms with Crippen LogP contribution in [0.1, 0.15) is 37.4 Å². The number of piperidine rings is 1. The number of hydrogen-bond acceptors (Lipinski definition) is 6. The first kappa shape index (κ1) is 15.1. The topological polar surface area (TPSA) is 78.1 Å². The molecule has 2 bridgehead atoms. The van der Waals surface area contributed by atoms with Gasteiger partial charge >= 0.3 is 0 Å². The van der Waals surface area contributed by atoms with Crippen LogP contribution >= 0.6 is 0 Å². The Morgan fingerprint density at radius 2 is 2.16 bits per heavy atom. The van der Waals surface area contributed by atoms with Gasteiger partial charge in [-0.2, -0.15) is 0 Å². The van der Waals surface area contributed by atoms with Crippen molar-refractivity contribution in [2.45, 2.75) is 44.4 Å². The molecule has 5 rings (SSSR count). The molecule has 0 unspecified atom stereocenters. The number of tetrazole rings is 1. The van der Waals surface area contributed by atoms with Crippen LogP contribution < -0.4 is 10.5 Å². The minimum Gasteiger partial charge on any atom is -0.376 e. The molecular formula is C17H22N6O2. The molecule has 5 heterocycles. The molecule has 8 nitrogen and oxygen atoms in total. The van der Waals surface area contributed by atoms with Crippen molar-refractivity contribution >= 4 is 5.95 Å². The number of nitrogens with zero attached hydrogens (tertiary/aromatic N) is 6. The van der Waals surface area contributed by atoms with Crippen LogP contribution in [0.25, 0.3) is 0 Å². The fourth-order valence-electron chi connectivity index (χ4n) is 4.71. The van der Waals surface area contributed by atoms with Gasteiger partial charge in [0.15, 0.2) is 0 Å². The Labute approximate surface area is 145 Å². The highest BCUT2D eigenvalue weighted by Crippen LogP contribution is 2.37. The molecule has 0 spiro atoms. The summed E-state index contributed by atoms with van der Waals surface area (Å²) in [7, 11) is 0. The van der Waals surface area contributed by atoms with Crippen LogP contribution in [0.3, 0.4) is 0 Å². The van der Waals surface area contributed by atoms with Gasteiger partial charge in [0.1, 0.15) is 0 Å². The monoisotopic (exact) mass is 342 g/mol. The lowest BCUT2D eigenvalue weighted by Gasteiger charge is -2.43. The molecule has 0 amide bonds. The lowest BCUT2D eigenvalue weighted by Crippen LogP contribution is -2.48. The maximum Gasteiger partial charge on any atom is 0.250 e. The number of anilines is 1. The van der Waals surface area contributed by atoms with Crippen molar-refractivity contribution in [2.24, 2.45) is 5.92 Å². The van der Waals surface area contributed by atoms with Crippen molar-refractivity contribution in [3.8, 4) is 0 Å². The number of fused-ring (bicyclic) bond motifs is 4. The van der Waals surface area contributed by atoms with Crippen molar-refractivity contribution in [1.29, 1.82) is 0 Å². The van der Waals surface area contributed by atoms with E-state index in [1.807, 2.05) is 15.3 Å². The molecule has 3 aliphatic rings. The maximum absolute atomic E-state index is 12.2. The highest BCUT2D eigenvalue weighted by molar-refractivity contribution is 5.33. The Bertz CT molecular complexity index is 846. The summed E-state index contributed by atoms with van der Waals surface area (Å²) in [5.41, 5.74) is 1.26. The van der Waals surface area contributed by atoms with E-state index in [1.54, 1.807) is 6.07 Å². The van der Waals surface area contributed by atoms with Gasteiger partial charge in [-0.05, 0) is 42.2 Å². The number of hydrogen-bond donors (Lipinski definition) is 0. The summed E-state index contributed by atoms with van der Waals surface area (Å²) >= 11 is 0. The third kappa shape index (κ3) is 2.38. The molecule has 25 heavy (non-hydrogen) atoms. The summed E-state index contributed by atoms with van der Waals surface area (Å²) in [5.74, 6) is 1.64. The zero-order valence-corrected chi connectivity index (χ0v) is 14.3. The van der Waals surface area contributed by atoms with Crippen LogP contribution in [-0.4, -0.2) is 50.6 Å².